The van der Waals surface area contributed by atoms with Gasteiger partial charge in [0.1, 0.15) is 6.61 Å². The van der Waals surface area contributed by atoms with E-state index in [4.69, 9.17) is 15.2 Å². The average molecular weight is 306 g/mol. The number of ether oxygens (including phenoxy) is 2. The zero-order valence-corrected chi connectivity index (χ0v) is 13.7. The molecule has 22 heavy (non-hydrogen) atoms. The van der Waals surface area contributed by atoms with Crippen molar-refractivity contribution in [3.05, 3.63) is 24.3 Å². The van der Waals surface area contributed by atoms with E-state index in [1.807, 2.05) is 43.0 Å². The summed E-state index contributed by atoms with van der Waals surface area (Å²) in [5.41, 5.74) is 5.32. The van der Waals surface area contributed by atoms with Crippen LogP contribution in [0.4, 0.5) is 0 Å². The predicted molar refractivity (Wildman–Crippen MR) is 86.1 cm³/mol. The molecule has 1 amide bonds. The Hall–Kier alpha value is -1.75. The zero-order valence-electron chi connectivity index (χ0n) is 13.7. The number of rotatable bonds is 5. The molecule has 1 fully saturated rings. The van der Waals surface area contributed by atoms with Crippen LogP contribution in [0.5, 0.6) is 11.5 Å². The standard InChI is InChI=1S/C17H26N2O3/c1-17(2,16(20)19-10-8-13(18)9-11-19)12-22-15-7-5-4-6-14(15)21-3/h4-7,13H,8-12,18H2,1-3H3. The summed E-state index contributed by atoms with van der Waals surface area (Å²) in [5, 5.41) is 0. The van der Waals surface area contributed by atoms with Crippen molar-refractivity contribution in [1.82, 2.24) is 4.90 Å². The molecule has 1 saturated heterocycles. The van der Waals surface area contributed by atoms with Gasteiger partial charge in [-0.3, -0.25) is 4.79 Å². The summed E-state index contributed by atoms with van der Waals surface area (Å²) in [6.07, 6.45) is 1.74. The molecule has 1 aromatic rings. The number of hydrogen-bond donors (Lipinski definition) is 1. The number of para-hydroxylation sites is 2. The minimum Gasteiger partial charge on any atom is -0.493 e. The van der Waals surface area contributed by atoms with Crippen molar-refractivity contribution >= 4 is 5.91 Å². The lowest BCUT2D eigenvalue weighted by atomic mass is 9.91. The largest absolute Gasteiger partial charge is 0.493 e. The van der Waals surface area contributed by atoms with Crippen LogP contribution in [0.2, 0.25) is 0 Å². The van der Waals surface area contributed by atoms with Crippen molar-refractivity contribution in [1.29, 1.82) is 0 Å². The molecule has 1 aromatic carbocycles. The van der Waals surface area contributed by atoms with Crippen LogP contribution in [0.15, 0.2) is 24.3 Å². The maximum absolute atomic E-state index is 12.7. The van der Waals surface area contributed by atoms with Gasteiger partial charge in [0.05, 0.1) is 12.5 Å². The summed E-state index contributed by atoms with van der Waals surface area (Å²) < 4.78 is 11.1. The lowest BCUT2D eigenvalue weighted by Crippen LogP contribution is -2.49. The van der Waals surface area contributed by atoms with Gasteiger partial charge in [-0.2, -0.15) is 0 Å². The maximum atomic E-state index is 12.7. The Bertz CT molecular complexity index is 508. The molecule has 1 heterocycles. The Kier molecular flexibility index (Phi) is 5.29. The van der Waals surface area contributed by atoms with Crippen molar-refractivity contribution in [2.45, 2.75) is 32.7 Å². The maximum Gasteiger partial charge on any atom is 0.231 e. The molecule has 1 aliphatic heterocycles. The summed E-state index contributed by atoms with van der Waals surface area (Å²) in [4.78, 5) is 14.6. The van der Waals surface area contributed by atoms with E-state index in [1.165, 1.54) is 0 Å². The zero-order chi connectivity index (χ0) is 16.2. The SMILES string of the molecule is COc1ccccc1OCC(C)(C)C(=O)N1CCC(N)CC1. The van der Waals surface area contributed by atoms with Crippen LogP contribution in [0.1, 0.15) is 26.7 Å². The highest BCUT2D eigenvalue weighted by Gasteiger charge is 2.34. The van der Waals surface area contributed by atoms with Crippen molar-refractivity contribution in [3.63, 3.8) is 0 Å². The summed E-state index contributed by atoms with van der Waals surface area (Å²) in [7, 11) is 1.61. The number of likely N-dealkylation sites (tertiary alicyclic amines) is 1. The van der Waals surface area contributed by atoms with Gasteiger partial charge in [0.25, 0.3) is 0 Å². The Morgan fingerprint density at radius 2 is 1.86 bits per heavy atom. The van der Waals surface area contributed by atoms with Gasteiger partial charge in [0, 0.05) is 19.1 Å². The first-order valence-corrected chi connectivity index (χ1v) is 7.75. The molecule has 0 spiro atoms. The molecule has 2 N–H and O–H groups in total. The second-order valence-corrected chi connectivity index (χ2v) is 6.45. The summed E-state index contributed by atoms with van der Waals surface area (Å²) >= 11 is 0. The van der Waals surface area contributed by atoms with E-state index in [2.05, 4.69) is 0 Å². The number of methoxy groups -OCH3 is 1. The third kappa shape index (κ3) is 3.91. The molecule has 0 aromatic heterocycles. The number of carbonyl (C=O) groups is 1. The second-order valence-electron chi connectivity index (χ2n) is 6.45. The van der Waals surface area contributed by atoms with Crippen LogP contribution >= 0.6 is 0 Å². The van der Waals surface area contributed by atoms with E-state index in [0.717, 1.165) is 25.9 Å². The molecule has 0 unspecified atom stereocenters. The Morgan fingerprint density at radius 1 is 1.27 bits per heavy atom. The first-order valence-electron chi connectivity index (χ1n) is 7.75. The van der Waals surface area contributed by atoms with E-state index in [0.29, 0.717) is 18.1 Å². The fourth-order valence-corrected chi connectivity index (χ4v) is 2.59. The van der Waals surface area contributed by atoms with Crippen LogP contribution in [-0.2, 0) is 4.79 Å². The van der Waals surface area contributed by atoms with Crippen LogP contribution in [0.3, 0.4) is 0 Å². The fraction of sp³-hybridized carbons (Fsp3) is 0.588. The Balaban J connectivity index is 1.96. The van der Waals surface area contributed by atoms with E-state index in [-0.39, 0.29) is 11.9 Å². The highest BCUT2D eigenvalue weighted by molar-refractivity contribution is 5.82. The molecule has 5 nitrogen and oxygen atoms in total. The first kappa shape index (κ1) is 16.6. The second kappa shape index (κ2) is 7.01. The number of benzene rings is 1. The normalized spacial score (nSPS) is 16.5. The van der Waals surface area contributed by atoms with Crippen molar-refractivity contribution in [3.8, 4) is 11.5 Å². The van der Waals surface area contributed by atoms with E-state index in [9.17, 15) is 4.79 Å². The van der Waals surface area contributed by atoms with Crippen LogP contribution in [0, 0.1) is 5.41 Å². The van der Waals surface area contributed by atoms with Gasteiger partial charge in [-0.1, -0.05) is 12.1 Å². The number of hydrogen-bond acceptors (Lipinski definition) is 4. The lowest BCUT2D eigenvalue weighted by molar-refractivity contribution is -0.143. The molecule has 0 radical (unpaired) electrons. The Morgan fingerprint density at radius 3 is 2.45 bits per heavy atom. The van der Waals surface area contributed by atoms with Crippen LogP contribution in [0.25, 0.3) is 0 Å². The third-order valence-corrected chi connectivity index (χ3v) is 4.06. The summed E-state index contributed by atoms with van der Waals surface area (Å²) in [6.45, 7) is 5.61. The van der Waals surface area contributed by atoms with Gasteiger partial charge in [-0.05, 0) is 38.8 Å². The molecule has 0 saturated carbocycles. The first-order chi connectivity index (χ1) is 10.4. The summed E-state index contributed by atoms with van der Waals surface area (Å²) in [5.74, 6) is 1.45. The fourth-order valence-electron chi connectivity index (χ4n) is 2.59. The molecule has 0 aliphatic carbocycles. The average Bonchev–Trinajstić information content (AvgIpc) is 2.53. The smallest absolute Gasteiger partial charge is 0.231 e. The van der Waals surface area contributed by atoms with Crippen molar-refractivity contribution in [2.75, 3.05) is 26.8 Å². The quantitative estimate of drug-likeness (QED) is 0.904. The monoisotopic (exact) mass is 306 g/mol. The minimum atomic E-state index is -0.581. The highest BCUT2D eigenvalue weighted by atomic mass is 16.5. The van der Waals surface area contributed by atoms with Crippen molar-refractivity contribution < 1.29 is 14.3 Å². The molecule has 0 bridgehead atoms. The van der Waals surface area contributed by atoms with E-state index < -0.39 is 5.41 Å². The number of nitrogens with two attached hydrogens (primary N) is 1. The third-order valence-electron chi connectivity index (χ3n) is 4.06. The number of nitrogens with zero attached hydrogens (tertiary/aromatic N) is 1. The summed E-state index contributed by atoms with van der Waals surface area (Å²) in [6, 6.07) is 7.68. The van der Waals surface area contributed by atoms with Gasteiger partial charge in [-0.25, -0.2) is 0 Å². The van der Waals surface area contributed by atoms with Crippen LogP contribution < -0.4 is 15.2 Å². The lowest BCUT2D eigenvalue weighted by Gasteiger charge is -2.36. The number of piperidine rings is 1. The molecular weight excluding hydrogens is 280 g/mol. The van der Waals surface area contributed by atoms with Gasteiger partial charge in [-0.15, -0.1) is 0 Å². The molecule has 2 rings (SSSR count). The number of carbonyl (C=O) groups excluding carboxylic acids is 1. The van der Waals surface area contributed by atoms with E-state index >= 15 is 0 Å². The van der Waals surface area contributed by atoms with Gasteiger partial charge in [0.2, 0.25) is 5.91 Å². The van der Waals surface area contributed by atoms with Gasteiger partial charge < -0.3 is 20.1 Å². The predicted octanol–water partition coefficient (Wildman–Crippen LogP) is 2.05. The van der Waals surface area contributed by atoms with E-state index in [1.54, 1.807) is 7.11 Å². The topological polar surface area (TPSA) is 64.8 Å². The van der Waals surface area contributed by atoms with Gasteiger partial charge >= 0.3 is 0 Å². The molecule has 1 aliphatic rings. The van der Waals surface area contributed by atoms with Gasteiger partial charge in [0.15, 0.2) is 11.5 Å². The van der Waals surface area contributed by atoms with Crippen LogP contribution in [-0.4, -0.2) is 43.7 Å². The molecular formula is C17H26N2O3. The highest BCUT2D eigenvalue weighted by Crippen LogP contribution is 2.29. The Labute approximate surface area is 132 Å². The van der Waals surface area contributed by atoms with Crippen molar-refractivity contribution in [2.24, 2.45) is 11.1 Å². The number of amides is 1. The molecule has 5 heteroatoms. The molecule has 0 atom stereocenters. The molecule has 122 valence electrons. The minimum absolute atomic E-state index is 0.120.